The Morgan fingerprint density at radius 1 is 1.27 bits per heavy atom. The molecule has 7 nitrogen and oxygen atoms in total. The predicted molar refractivity (Wildman–Crippen MR) is 111 cm³/mol. The van der Waals surface area contributed by atoms with E-state index in [0.29, 0.717) is 29.3 Å². The van der Waals surface area contributed by atoms with E-state index in [1.165, 1.54) is 0 Å². The molecule has 0 amide bonds. The average molecular weight is 400 g/mol. The Kier molecular flexibility index (Phi) is 4.98. The second kappa shape index (κ2) is 7.76. The first kappa shape index (κ1) is 19.3. The Labute approximate surface area is 173 Å². The minimum absolute atomic E-state index is 0.00749. The molecule has 0 unspecified atom stereocenters. The van der Waals surface area contributed by atoms with Gasteiger partial charge in [0.15, 0.2) is 0 Å². The van der Waals surface area contributed by atoms with Crippen molar-refractivity contribution in [2.45, 2.75) is 19.4 Å². The summed E-state index contributed by atoms with van der Waals surface area (Å²) in [6.07, 6.45) is 3.24. The quantitative estimate of drug-likeness (QED) is 0.722. The number of hydrogen-bond acceptors (Lipinski definition) is 6. The third-order valence-corrected chi connectivity index (χ3v) is 5.25. The number of aromatic nitrogens is 2. The summed E-state index contributed by atoms with van der Waals surface area (Å²) in [5, 5.41) is 9.73. The van der Waals surface area contributed by atoms with Crippen molar-refractivity contribution in [1.29, 1.82) is 5.26 Å². The number of fused-ring (bicyclic) bond motifs is 1. The first-order valence-electron chi connectivity index (χ1n) is 9.39. The van der Waals surface area contributed by atoms with Crippen LogP contribution in [0, 0.1) is 18.3 Å². The zero-order chi connectivity index (χ0) is 21.3. The minimum atomic E-state index is -0.626. The number of methoxy groups -OCH3 is 1. The summed E-state index contributed by atoms with van der Waals surface area (Å²) < 4.78 is 12.8. The second-order valence-corrected chi connectivity index (χ2v) is 6.97. The van der Waals surface area contributed by atoms with Crippen LogP contribution in [0.15, 0.2) is 71.1 Å². The number of nitriles is 1. The van der Waals surface area contributed by atoms with E-state index < -0.39 is 5.92 Å². The molecular formula is C23H20N4O3. The Balaban J connectivity index is 1.92. The number of nitrogens with two attached hydrogens (primary N) is 1. The number of allylic oxidation sites excluding steroid dienone is 1. The molecule has 30 heavy (non-hydrogen) atoms. The van der Waals surface area contributed by atoms with Crippen molar-refractivity contribution in [3.05, 3.63) is 99.1 Å². The van der Waals surface area contributed by atoms with Gasteiger partial charge in [0.25, 0.3) is 5.56 Å². The lowest BCUT2D eigenvalue weighted by molar-refractivity contribution is 0.388. The molecule has 0 saturated carbocycles. The zero-order valence-corrected chi connectivity index (χ0v) is 16.6. The smallest absolute Gasteiger partial charge is 0.259 e. The molecule has 1 atom stereocenters. The van der Waals surface area contributed by atoms with Gasteiger partial charge in [0.2, 0.25) is 5.88 Å². The molecule has 1 aromatic carbocycles. The fourth-order valence-electron chi connectivity index (χ4n) is 3.78. The van der Waals surface area contributed by atoms with Gasteiger partial charge in [-0.15, -0.1) is 0 Å². The molecule has 150 valence electrons. The number of benzene rings is 1. The van der Waals surface area contributed by atoms with Gasteiger partial charge in [0.05, 0.1) is 25.1 Å². The third-order valence-electron chi connectivity index (χ3n) is 5.25. The van der Waals surface area contributed by atoms with Crippen LogP contribution in [0.2, 0.25) is 0 Å². The van der Waals surface area contributed by atoms with E-state index in [2.05, 4.69) is 11.1 Å². The van der Waals surface area contributed by atoms with Gasteiger partial charge in [-0.1, -0.05) is 18.2 Å². The number of para-hydroxylation sites is 1. The van der Waals surface area contributed by atoms with Crippen LogP contribution >= 0.6 is 0 Å². The van der Waals surface area contributed by atoms with Crippen molar-refractivity contribution in [2.24, 2.45) is 5.73 Å². The number of ether oxygens (including phenoxy) is 2. The molecule has 0 radical (unpaired) electrons. The van der Waals surface area contributed by atoms with Crippen LogP contribution in [0.4, 0.5) is 0 Å². The number of nitrogens with zero attached hydrogens (tertiary/aromatic N) is 3. The molecule has 0 aliphatic carbocycles. The monoisotopic (exact) mass is 400 g/mol. The van der Waals surface area contributed by atoms with E-state index in [-0.39, 0.29) is 17.0 Å². The van der Waals surface area contributed by atoms with E-state index in [4.69, 9.17) is 15.2 Å². The maximum atomic E-state index is 13.6. The van der Waals surface area contributed by atoms with Crippen molar-refractivity contribution in [3.63, 3.8) is 0 Å². The number of rotatable bonds is 4. The first-order valence-corrected chi connectivity index (χ1v) is 9.39. The molecular weight excluding hydrogens is 380 g/mol. The van der Waals surface area contributed by atoms with E-state index in [1.807, 2.05) is 31.2 Å². The van der Waals surface area contributed by atoms with E-state index >= 15 is 0 Å². The summed E-state index contributed by atoms with van der Waals surface area (Å²) in [4.78, 5) is 17.7. The maximum absolute atomic E-state index is 13.6. The lowest BCUT2D eigenvalue weighted by atomic mass is 9.84. The van der Waals surface area contributed by atoms with Gasteiger partial charge in [-0.05, 0) is 30.7 Å². The predicted octanol–water partition coefficient (Wildman–Crippen LogP) is 2.83. The van der Waals surface area contributed by atoms with E-state index in [0.717, 1.165) is 11.1 Å². The molecule has 1 aliphatic rings. The summed E-state index contributed by atoms with van der Waals surface area (Å²) in [6, 6.07) is 15.0. The number of pyridine rings is 2. The highest BCUT2D eigenvalue weighted by Gasteiger charge is 2.34. The van der Waals surface area contributed by atoms with Gasteiger partial charge >= 0.3 is 0 Å². The maximum Gasteiger partial charge on any atom is 0.259 e. The van der Waals surface area contributed by atoms with Gasteiger partial charge in [-0.3, -0.25) is 9.78 Å². The normalized spacial score (nSPS) is 15.2. The zero-order valence-electron chi connectivity index (χ0n) is 16.6. The van der Waals surface area contributed by atoms with Gasteiger partial charge < -0.3 is 19.8 Å². The molecule has 2 aromatic heterocycles. The molecule has 1 aliphatic heterocycles. The highest BCUT2D eigenvalue weighted by atomic mass is 16.5. The van der Waals surface area contributed by atoms with Crippen molar-refractivity contribution in [1.82, 2.24) is 9.55 Å². The Bertz CT molecular complexity index is 1240. The SMILES string of the molecule is COc1ccccc1Cn1c(C)cc2c(c1=O)[C@H](c1ccncc1)C(C#N)=C(N)O2. The second-order valence-electron chi connectivity index (χ2n) is 6.97. The topological polar surface area (TPSA) is 103 Å². The minimum Gasteiger partial charge on any atom is -0.496 e. The number of hydrogen-bond donors (Lipinski definition) is 1. The van der Waals surface area contributed by atoms with Crippen LogP contribution in [0.25, 0.3) is 0 Å². The standard InChI is InChI=1S/C23H20N4O3/c1-14-11-19-21(23(28)27(14)13-16-5-3-4-6-18(16)29-2)20(15-7-9-26-10-8-15)17(12-24)22(25)30-19/h3-11,20H,13,25H2,1-2H3/t20-/m1/s1. The highest BCUT2D eigenvalue weighted by molar-refractivity contribution is 5.55. The fourth-order valence-corrected chi connectivity index (χ4v) is 3.78. The lowest BCUT2D eigenvalue weighted by Crippen LogP contribution is -2.33. The summed E-state index contributed by atoms with van der Waals surface area (Å²) in [6.45, 7) is 2.16. The molecule has 0 saturated heterocycles. The van der Waals surface area contributed by atoms with Crippen molar-refractivity contribution in [3.8, 4) is 17.6 Å². The van der Waals surface area contributed by atoms with Crippen LogP contribution in [0.3, 0.4) is 0 Å². The van der Waals surface area contributed by atoms with Crippen molar-refractivity contribution < 1.29 is 9.47 Å². The third kappa shape index (κ3) is 3.18. The van der Waals surface area contributed by atoms with Crippen LogP contribution in [-0.4, -0.2) is 16.7 Å². The summed E-state index contributed by atoms with van der Waals surface area (Å²) >= 11 is 0. The van der Waals surface area contributed by atoms with Gasteiger partial charge in [-0.25, -0.2) is 0 Å². The van der Waals surface area contributed by atoms with Gasteiger partial charge in [-0.2, -0.15) is 5.26 Å². The van der Waals surface area contributed by atoms with Crippen LogP contribution in [-0.2, 0) is 6.54 Å². The molecule has 4 rings (SSSR count). The first-order chi connectivity index (χ1) is 14.5. The molecule has 0 bridgehead atoms. The van der Waals surface area contributed by atoms with Crippen molar-refractivity contribution >= 4 is 0 Å². The van der Waals surface area contributed by atoms with Crippen molar-refractivity contribution in [2.75, 3.05) is 7.11 Å². The van der Waals surface area contributed by atoms with Gasteiger partial charge in [0, 0.05) is 29.7 Å². The molecule has 7 heteroatoms. The average Bonchev–Trinajstić information content (AvgIpc) is 2.76. The van der Waals surface area contributed by atoms with Crippen LogP contribution in [0.5, 0.6) is 11.5 Å². The molecule has 3 heterocycles. The van der Waals surface area contributed by atoms with Crippen LogP contribution < -0.4 is 20.8 Å². The van der Waals surface area contributed by atoms with Crippen LogP contribution in [0.1, 0.15) is 28.3 Å². The highest BCUT2D eigenvalue weighted by Crippen LogP contribution is 2.40. The molecule has 2 N–H and O–H groups in total. The van der Waals surface area contributed by atoms with E-state index in [1.54, 1.807) is 42.3 Å². The number of aryl methyl sites for hydroxylation is 1. The summed E-state index contributed by atoms with van der Waals surface area (Å²) in [5.41, 5.74) is 8.71. The molecule has 3 aromatic rings. The Hall–Kier alpha value is -4.05. The molecule has 0 spiro atoms. The largest absolute Gasteiger partial charge is 0.496 e. The summed E-state index contributed by atoms with van der Waals surface area (Å²) in [7, 11) is 1.60. The Morgan fingerprint density at radius 3 is 2.70 bits per heavy atom. The van der Waals surface area contributed by atoms with Gasteiger partial charge in [0.1, 0.15) is 23.1 Å². The Morgan fingerprint density at radius 2 is 2.00 bits per heavy atom. The fraction of sp³-hybridized carbons (Fsp3) is 0.174. The molecule has 0 fully saturated rings. The lowest BCUT2D eigenvalue weighted by Gasteiger charge is -2.27. The summed E-state index contributed by atoms with van der Waals surface area (Å²) in [5.74, 6) is 0.448. The van der Waals surface area contributed by atoms with E-state index in [9.17, 15) is 10.1 Å².